The lowest BCUT2D eigenvalue weighted by atomic mass is 10.3. The van der Waals surface area contributed by atoms with Crippen LogP contribution in [0.1, 0.15) is 0 Å². The van der Waals surface area contributed by atoms with Crippen LogP contribution in [0, 0.1) is 10.1 Å². The van der Waals surface area contributed by atoms with Gasteiger partial charge >= 0.3 is 5.82 Å². The van der Waals surface area contributed by atoms with Gasteiger partial charge in [-0.25, -0.2) is 0 Å². The Morgan fingerprint density at radius 2 is 2.15 bits per heavy atom. The molecule has 0 atom stereocenters. The molecule has 0 aliphatic rings. The zero-order valence-electron chi connectivity index (χ0n) is 10.7. The van der Waals surface area contributed by atoms with Crippen LogP contribution in [0.15, 0.2) is 42.6 Å². The Bertz CT molecular complexity index is 586. The van der Waals surface area contributed by atoms with Gasteiger partial charge in [0.05, 0.1) is 5.69 Å². The third kappa shape index (κ3) is 3.66. The highest BCUT2D eigenvalue weighted by Crippen LogP contribution is 2.21. The number of nitrogens with one attached hydrogen (secondary N) is 1. The van der Waals surface area contributed by atoms with E-state index in [4.69, 9.17) is 10.5 Å². The molecular weight excluding hydrogens is 260 g/mol. The fraction of sp³-hybridized carbons (Fsp3) is 0.154. The SMILES string of the molecule is NCCOc1cccc(Nc2ccc([N+](=O)[O-])nc2)c1. The number of pyridine rings is 1. The first-order chi connectivity index (χ1) is 9.69. The third-order valence-electron chi connectivity index (χ3n) is 2.44. The van der Waals surface area contributed by atoms with Crippen LogP contribution in [0.5, 0.6) is 5.75 Å². The van der Waals surface area contributed by atoms with Gasteiger partial charge in [0.15, 0.2) is 6.20 Å². The van der Waals surface area contributed by atoms with Crippen molar-refractivity contribution in [3.8, 4) is 5.75 Å². The van der Waals surface area contributed by atoms with Crippen LogP contribution in [-0.2, 0) is 0 Å². The number of aromatic nitrogens is 1. The van der Waals surface area contributed by atoms with Crippen molar-refractivity contribution in [2.45, 2.75) is 0 Å². The molecule has 0 radical (unpaired) electrons. The fourth-order valence-electron chi connectivity index (χ4n) is 1.58. The van der Waals surface area contributed by atoms with Gasteiger partial charge in [-0.1, -0.05) is 6.07 Å². The summed E-state index contributed by atoms with van der Waals surface area (Å²) in [5.41, 5.74) is 6.83. The van der Waals surface area contributed by atoms with Gasteiger partial charge in [-0.05, 0) is 28.1 Å². The average molecular weight is 274 g/mol. The van der Waals surface area contributed by atoms with Gasteiger partial charge < -0.3 is 25.9 Å². The van der Waals surface area contributed by atoms with E-state index in [1.807, 2.05) is 24.3 Å². The lowest BCUT2D eigenvalue weighted by Gasteiger charge is -2.08. The Hall–Kier alpha value is -2.67. The predicted octanol–water partition coefficient (Wildman–Crippen LogP) is 2.07. The Morgan fingerprint density at radius 3 is 2.80 bits per heavy atom. The summed E-state index contributed by atoms with van der Waals surface area (Å²) in [4.78, 5) is 13.7. The maximum absolute atomic E-state index is 10.5. The fourth-order valence-corrected chi connectivity index (χ4v) is 1.58. The molecule has 3 N–H and O–H groups in total. The summed E-state index contributed by atoms with van der Waals surface area (Å²) in [6.45, 7) is 0.895. The highest BCUT2D eigenvalue weighted by molar-refractivity contribution is 5.60. The second-order valence-electron chi connectivity index (χ2n) is 3.95. The van der Waals surface area contributed by atoms with E-state index in [1.165, 1.54) is 12.3 Å². The van der Waals surface area contributed by atoms with Crippen molar-refractivity contribution in [3.05, 3.63) is 52.7 Å². The molecule has 0 saturated heterocycles. The minimum atomic E-state index is -0.537. The van der Waals surface area contributed by atoms with E-state index in [-0.39, 0.29) is 5.82 Å². The molecular formula is C13H14N4O3. The summed E-state index contributed by atoms with van der Waals surface area (Å²) in [6.07, 6.45) is 1.41. The van der Waals surface area contributed by atoms with Gasteiger partial charge in [0, 0.05) is 24.4 Å². The number of rotatable bonds is 6. The molecule has 0 aliphatic carbocycles. The van der Waals surface area contributed by atoms with Crippen LogP contribution in [-0.4, -0.2) is 23.1 Å². The predicted molar refractivity (Wildman–Crippen MR) is 75.2 cm³/mol. The summed E-state index contributed by atoms with van der Waals surface area (Å²) >= 11 is 0. The Kier molecular flexibility index (Phi) is 4.46. The third-order valence-corrected chi connectivity index (χ3v) is 2.44. The molecule has 0 amide bonds. The van der Waals surface area contributed by atoms with E-state index < -0.39 is 4.92 Å². The van der Waals surface area contributed by atoms with Gasteiger partial charge in [0.25, 0.3) is 0 Å². The average Bonchev–Trinajstić information content (AvgIpc) is 2.46. The van der Waals surface area contributed by atoms with Crippen LogP contribution >= 0.6 is 0 Å². The van der Waals surface area contributed by atoms with Crippen molar-refractivity contribution in [2.24, 2.45) is 5.73 Å². The second-order valence-corrected chi connectivity index (χ2v) is 3.95. The van der Waals surface area contributed by atoms with E-state index >= 15 is 0 Å². The zero-order chi connectivity index (χ0) is 14.4. The molecule has 0 fully saturated rings. The highest BCUT2D eigenvalue weighted by atomic mass is 16.6. The van der Waals surface area contributed by atoms with Crippen LogP contribution in [0.2, 0.25) is 0 Å². The Morgan fingerprint density at radius 1 is 1.30 bits per heavy atom. The van der Waals surface area contributed by atoms with E-state index in [0.29, 0.717) is 24.6 Å². The molecule has 0 aliphatic heterocycles. The van der Waals surface area contributed by atoms with Crippen molar-refractivity contribution in [1.82, 2.24) is 4.98 Å². The van der Waals surface area contributed by atoms with Gasteiger partial charge in [-0.2, -0.15) is 0 Å². The Labute approximate surface area is 115 Å². The van der Waals surface area contributed by atoms with Gasteiger partial charge in [-0.3, -0.25) is 0 Å². The molecule has 0 spiro atoms. The molecule has 0 unspecified atom stereocenters. The zero-order valence-corrected chi connectivity index (χ0v) is 10.7. The molecule has 1 aromatic heterocycles. The van der Waals surface area contributed by atoms with E-state index in [0.717, 1.165) is 5.69 Å². The summed E-state index contributed by atoms with van der Waals surface area (Å²) in [5.74, 6) is 0.519. The maximum atomic E-state index is 10.5. The van der Waals surface area contributed by atoms with Crippen molar-refractivity contribution < 1.29 is 9.66 Å². The van der Waals surface area contributed by atoms with Crippen LogP contribution < -0.4 is 15.8 Å². The minimum absolute atomic E-state index is 0.185. The number of ether oxygens (including phenoxy) is 1. The number of hydrogen-bond acceptors (Lipinski definition) is 6. The van der Waals surface area contributed by atoms with E-state index in [2.05, 4.69) is 10.3 Å². The molecule has 0 saturated carbocycles. The summed E-state index contributed by atoms with van der Waals surface area (Å²) in [6, 6.07) is 10.3. The normalized spacial score (nSPS) is 10.1. The number of nitro groups is 1. The summed E-state index contributed by atoms with van der Waals surface area (Å²) < 4.78 is 5.41. The number of benzene rings is 1. The summed E-state index contributed by atoms with van der Waals surface area (Å²) in [5, 5.41) is 13.6. The first kappa shape index (κ1) is 13.8. The van der Waals surface area contributed by atoms with Crippen LogP contribution in [0.3, 0.4) is 0 Å². The number of nitrogens with zero attached hydrogens (tertiary/aromatic N) is 2. The molecule has 2 aromatic rings. The number of anilines is 2. The topological polar surface area (TPSA) is 103 Å². The molecule has 7 nitrogen and oxygen atoms in total. The van der Waals surface area contributed by atoms with Crippen LogP contribution in [0.25, 0.3) is 0 Å². The minimum Gasteiger partial charge on any atom is -0.492 e. The lowest BCUT2D eigenvalue weighted by molar-refractivity contribution is -0.389. The highest BCUT2D eigenvalue weighted by Gasteiger charge is 2.06. The maximum Gasteiger partial charge on any atom is 0.363 e. The van der Waals surface area contributed by atoms with Crippen LogP contribution in [0.4, 0.5) is 17.2 Å². The standard InChI is InChI=1S/C13H14N4O3/c14-6-7-20-12-3-1-2-10(8-12)16-11-4-5-13(15-9-11)17(18)19/h1-5,8-9,16H,6-7,14H2. The molecule has 0 bridgehead atoms. The van der Waals surface area contributed by atoms with Crippen molar-refractivity contribution in [2.75, 3.05) is 18.5 Å². The second kappa shape index (κ2) is 6.48. The first-order valence-electron chi connectivity index (χ1n) is 5.99. The van der Waals surface area contributed by atoms with Crippen molar-refractivity contribution in [1.29, 1.82) is 0 Å². The van der Waals surface area contributed by atoms with E-state index in [9.17, 15) is 10.1 Å². The van der Waals surface area contributed by atoms with Gasteiger partial charge in [0.1, 0.15) is 12.4 Å². The summed E-state index contributed by atoms with van der Waals surface area (Å²) in [7, 11) is 0. The molecule has 1 heterocycles. The molecule has 2 rings (SSSR count). The molecule has 20 heavy (non-hydrogen) atoms. The number of nitrogens with two attached hydrogens (primary N) is 1. The molecule has 7 heteroatoms. The van der Waals surface area contributed by atoms with Crippen molar-refractivity contribution >= 4 is 17.2 Å². The van der Waals surface area contributed by atoms with Gasteiger partial charge in [0.2, 0.25) is 0 Å². The number of hydrogen-bond donors (Lipinski definition) is 2. The van der Waals surface area contributed by atoms with E-state index in [1.54, 1.807) is 6.07 Å². The Balaban J connectivity index is 2.07. The van der Waals surface area contributed by atoms with Gasteiger partial charge in [-0.15, -0.1) is 0 Å². The van der Waals surface area contributed by atoms with Crippen molar-refractivity contribution in [3.63, 3.8) is 0 Å². The molecule has 1 aromatic carbocycles. The smallest absolute Gasteiger partial charge is 0.363 e. The first-order valence-corrected chi connectivity index (χ1v) is 5.99. The molecule has 104 valence electrons. The monoisotopic (exact) mass is 274 g/mol. The largest absolute Gasteiger partial charge is 0.492 e. The quantitative estimate of drug-likeness (QED) is 0.617. The lowest BCUT2D eigenvalue weighted by Crippen LogP contribution is -2.10.